The van der Waals surface area contributed by atoms with Gasteiger partial charge in [-0.05, 0) is 42.9 Å². The lowest BCUT2D eigenvalue weighted by atomic mass is 9.84. The zero-order valence-corrected chi connectivity index (χ0v) is 16.1. The average molecular weight is 401 g/mol. The van der Waals surface area contributed by atoms with Crippen molar-refractivity contribution in [3.8, 4) is 0 Å². The highest BCUT2D eigenvalue weighted by molar-refractivity contribution is 6.28. The van der Waals surface area contributed by atoms with Crippen molar-refractivity contribution in [3.05, 3.63) is 76.9 Å². The minimum absolute atomic E-state index is 0.166. The summed E-state index contributed by atoms with van der Waals surface area (Å²) in [6.07, 6.45) is 5.96. The molecule has 0 spiro atoms. The molecule has 0 aliphatic heterocycles. The topological polar surface area (TPSA) is 89.5 Å². The third kappa shape index (κ3) is 3.05. The summed E-state index contributed by atoms with van der Waals surface area (Å²) in [5.74, 6) is -0.805. The maximum Gasteiger partial charge on any atom is 0.310 e. The summed E-state index contributed by atoms with van der Waals surface area (Å²) in [6.45, 7) is -0.386. The fourth-order valence-electron chi connectivity index (χ4n) is 4.67. The van der Waals surface area contributed by atoms with Gasteiger partial charge in [0.25, 0.3) is 5.91 Å². The van der Waals surface area contributed by atoms with Crippen molar-refractivity contribution < 1.29 is 23.9 Å². The Hall–Kier alpha value is -3.54. The van der Waals surface area contributed by atoms with Crippen molar-refractivity contribution in [2.45, 2.75) is 12.8 Å². The molecule has 3 aliphatic rings. The van der Waals surface area contributed by atoms with E-state index >= 15 is 0 Å². The van der Waals surface area contributed by atoms with Gasteiger partial charge in [-0.1, -0.05) is 36.4 Å². The number of hydrogen-bond acceptors (Lipinski definition) is 5. The Kier molecular flexibility index (Phi) is 4.35. The molecule has 0 saturated heterocycles. The standard InChI is InChI=1S/C24H19NO5/c26-21(12-30-24(29)19-10-13-5-6-14(19)9-13)25-15-7-8-18-20(11-15)23(28)17-4-2-1-3-16(17)22(18)27/h1-8,11,13-14,19H,9-10,12H2,(H,25,26)/t13-,14-,19-/m0/s1. The monoisotopic (exact) mass is 401 g/mol. The molecule has 2 aromatic rings. The molecule has 1 N–H and O–H groups in total. The molecule has 150 valence electrons. The van der Waals surface area contributed by atoms with Crippen molar-refractivity contribution in [1.29, 1.82) is 0 Å². The van der Waals surface area contributed by atoms with Crippen LogP contribution >= 0.6 is 0 Å². The first-order valence-electron chi connectivity index (χ1n) is 9.98. The van der Waals surface area contributed by atoms with Gasteiger partial charge >= 0.3 is 5.97 Å². The smallest absolute Gasteiger partial charge is 0.310 e. The Morgan fingerprint density at radius 3 is 2.27 bits per heavy atom. The van der Waals surface area contributed by atoms with Crippen LogP contribution in [-0.2, 0) is 14.3 Å². The third-order valence-electron chi connectivity index (χ3n) is 6.14. The summed E-state index contributed by atoms with van der Waals surface area (Å²) < 4.78 is 5.20. The van der Waals surface area contributed by atoms with Gasteiger partial charge in [-0.25, -0.2) is 0 Å². The van der Waals surface area contributed by atoms with E-state index in [0.29, 0.717) is 28.3 Å². The molecule has 6 heteroatoms. The Morgan fingerprint density at radius 2 is 1.60 bits per heavy atom. The number of ether oxygens (including phenoxy) is 1. The van der Waals surface area contributed by atoms with E-state index in [2.05, 4.69) is 17.5 Å². The molecule has 30 heavy (non-hydrogen) atoms. The number of nitrogens with one attached hydrogen (secondary N) is 1. The van der Waals surface area contributed by atoms with Gasteiger partial charge in [0, 0.05) is 27.9 Å². The van der Waals surface area contributed by atoms with E-state index in [1.165, 1.54) is 12.1 Å². The zero-order valence-electron chi connectivity index (χ0n) is 16.1. The molecule has 0 radical (unpaired) electrons. The van der Waals surface area contributed by atoms with E-state index in [1.807, 2.05) is 0 Å². The lowest BCUT2D eigenvalue weighted by Crippen LogP contribution is -2.27. The molecule has 3 aliphatic carbocycles. The summed E-state index contributed by atoms with van der Waals surface area (Å²) in [7, 11) is 0. The number of hydrogen-bond donors (Lipinski definition) is 1. The van der Waals surface area contributed by atoms with Crippen LogP contribution in [0.5, 0.6) is 0 Å². The van der Waals surface area contributed by atoms with Crippen LogP contribution in [0.25, 0.3) is 0 Å². The number of carbonyl (C=O) groups is 4. The fourth-order valence-corrected chi connectivity index (χ4v) is 4.67. The van der Waals surface area contributed by atoms with Crippen LogP contribution in [0.3, 0.4) is 0 Å². The zero-order chi connectivity index (χ0) is 20.8. The maximum atomic E-state index is 12.8. The highest BCUT2D eigenvalue weighted by atomic mass is 16.5. The van der Waals surface area contributed by atoms with Crippen molar-refractivity contribution in [1.82, 2.24) is 0 Å². The predicted molar refractivity (Wildman–Crippen MR) is 108 cm³/mol. The minimum Gasteiger partial charge on any atom is -0.455 e. The quantitative estimate of drug-likeness (QED) is 0.536. The molecule has 1 amide bonds. The second kappa shape index (κ2) is 7.06. The van der Waals surface area contributed by atoms with Crippen LogP contribution in [0.4, 0.5) is 5.69 Å². The van der Waals surface area contributed by atoms with Crippen LogP contribution in [0.1, 0.15) is 44.7 Å². The lowest BCUT2D eigenvalue weighted by Gasteiger charge is -2.18. The molecule has 6 nitrogen and oxygen atoms in total. The number of rotatable bonds is 4. The Bertz CT molecular complexity index is 1130. The summed E-state index contributed by atoms with van der Waals surface area (Å²) in [5, 5.41) is 2.64. The number of fused-ring (bicyclic) bond motifs is 4. The molecule has 0 aromatic heterocycles. The number of amides is 1. The van der Waals surface area contributed by atoms with Gasteiger partial charge in [0.05, 0.1) is 5.92 Å². The molecule has 1 saturated carbocycles. The van der Waals surface area contributed by atoms with E-state index in [1.54, 1.807) is 30.3 Å². The normalized spacial score (nSPS) is 23.1. The van der Waals surface area contributed by atoms with Gasteiger partial charge in [0.1, 0.15) is 0 Å². The molecule has 0 heterocycles. The third-order valence-corrected chi connectivity index (χ3v) is 6.14. The van der Waals surface area contributed by atoms with E-state index in [0.717, 1.165) is 12.8 Å². The average Bonchev–Trinajstić information content (AvgIpc) is 3.40. The Morgan fingerprint density at radius 1 is 0.900 bits per heavy atom. The van der Waals surface area contributed by atoms with Gasteiger partial charge in [-0.15, -0.1) is 0 Å². The van der Waals surface area contributed by atoms with Crippen LogP contribution in [0.2, 0.25) is 0 Å². The Balaban J connectivity index is 1.25. The number of esters is 1. The fraction of sp³-hybridized carbons (Fsp3) is 0.250. The van der Waals surface area contributed by atoms with E-state index in [4.69, 9.17) is 4.74 Å². The number of carbonyl (C=O) groups excluding carboxylic acids is 4. The summed E-state index contributed by atoms with van der Waals surface area (Å²) in [6, 6.07) is 11.3. The largest absolute Gasteiger partial charge is 0.455 e. The molecular weight excluding hydrogens is 382 g/mol. The van der Waals surface area contributed by atoms with Gasteiger partial charge in [-0.2, -0.15) is 0 Å². The molecule has 3 atom stereocenters. The highest BCUT2D eigenvalue weighted by Gasteiger charge is 2.40. The minimum atomic E-state index is -0.489. The Labute approximate surface area is 172 Å². The predicted octanol–water partition coefficient (Wildman–Crippen LogP) is 3.16. The summed E-state index contributed by atoms with van der Waals surface area (Å²) in [5.41, 5.74) is 1.68. The molecular formula is C24H19NO5. The van der Waals surface area contributed by atoms with E-state index in [-0.39, 0.29) is 41.5 Å². The van der Waals surface area contributed by atoms with E-state index in [9.17, 15) is 19.2 Å². The van der Waals surface area contributed by atoms with Crippen LogP contribution in [-0.4, -0.2) is 30.0 Å². The first kappa shape index (κ1) is 18.5. The number of anilines is 1. The van der Waals surface area contributed by atoms with Gasteiger partial charge in [-0.3, -0.25) is 19.2 Å². The molecule has 5 rings (SSSR count). The molecule has 0 unspecified atom stereocenters. The van der Waals surface area contributed by atoms with Crippen LogP contribution in [0, 0.1) is 17.8 Å². The SMILES string of the molecule is O=C(COC(=O)[C@H]1C[C@H]2C=C[C@H]1C2)Nc1ccc2c(c1)C(=O)c1ccccc1C2=O. The maximum absolute atomic E-state index is 12.8. The number of allylic oxidation sites excluding steroid dienone is 2. The van der Waals surface area contributed by atoms with Gasteiger partial charge < -0.3 is 10.1 Å². The first-order valence-corrected chi connectivity index (χ1v) is 9.98. The van der Waals surface area contributed by atoms with Crippen LogP contribution < -0.4 is 5.32 Å². The van der Waals surface area contributed by atoms with Crippen molar-refractivity contribution in [3.63, 3.8) is 0 Å². The highest BCUT2D eigenvalue weighted by Crippen LogP contribution is 2.43. The van der Waals surface area contributed by atoms with Crippen molar-refractivity contribution in [2.24, 2.45) is 17.8 Å². The van der Waals surface area contributed by atoms with Gasteiger partial charge in [0.15, 0.2) is 18.2 Å². The molecule has 2 aromatic carbocycles. The summed E-state index contributed by atoms with van der Waals surface area (Å²) in [4.78, 5) is 49.9. The van der Waals surface area contributed by atoms with E-state index < -0.39 is 5.91 Å². The van der Waals surface area contributed by atoms with Crippen LogP contribution in [0.15, 0.2) is 54.6 Å². The van der Waals surface area contributed by atoms with Crippen molar-refractivity contribution >= 4 is 29.1 Å². The van der Waals surface area contributed by atoms with Gasteiger partial charge in [0.2, 0.25) is 0 Å². The number of ketones is 2. The lowest BCUT2D eigenvalue weighted by molar-refractivity contribution is -0.152. The second-order valence-corrected chi connectivity index (χ2v) is 8.01. The first-order chi connectivity index (χ1) is 14.5. The number of benzene rings is 2. The summed E-state index contributed by atoms with van der Waals surface area (Å²) >= 11 is 0. The molecule has 2 bridgehead atoms. The second-order valence-electron chi connectivity index (χ2n) is 8.01. The molecule has 1 fully saturated rings. The van der Waals surface area contributed by atoms with Crippen molar-refractivity contribution in [2.75, 3.05) is 11.9 Å².